The molecule has 0 radical (unpaired) electrons. The number of carbonyl (C=O) groups excluding carboxylic acids is 1. The first-order valence-corrected chi connectivity index (χ1v) is 10.5. The number of carbonyl (C=O) groups is 1. The van der Waals surface area contributed by atoms with Gasteiger partial charge in [-0.2, -0.15) is 0 Å². The summed E-state index contributed by atoms with van der Waals surface area (Å²) in [6, 6.07) is 7.61. The summed E-state index contributed by atoms with van der Waals surface area (Å²) >= 11 is 6.08. The fraction of sp³-hybridized carbons (Fsp3) is 0.364. The topological polar surface area (TPSA) is 73.1 Å². The maximum Gasteiger partial charge on any atom is 0.309 e. The molecule has 0 N–H and O–H groups in total. The molecule has 7 nitrogen and oxygen atoms in total. The average Bonchev–Trinajstić information content (AvgIpc) is 3.20. The van der Waals surface area contributed by atoms with Crippen LogP contribution in [0.3, 0.4) is 0 Å². The van der Waals surface area contributed by atoms with E-state index >= 15 is 0 Å². The van der Waals surface area contributed by atoms with Crippen LogP contribution in [0.1, 0.15) is 19.8 Å². The number of imidazole rings is 1. The Morgan fingerprint density at radius 1 is 1.20 bits per heavy atom. The second kappa shape index (κ2) is 8.83. The van der Waals surface area contributed by atoms with E-state index in [1.807, 2.05) is 55.2 Å². The van der Waals surface area contributed by atoms with Crippen LogP contribution in [0.4, 0.5) is 5.95 Å². The molecule has 0 aliphatic carbocycles. The van der Waals surface area contributed by atoms with E-state index in [9.17, 15) is 4.79 Å². The van der Waals surface area contributed by atoms with Crippen LogP contribution in [-0.2, 0) is 16.6 Å². The minimum absolute atomic E-state index is 0.0521. The van der Waals surface area contributed by atoms with Crippen molar-refractivity contribution in [3.8, 4) is 22.6 Å². The van der Waals surface area contributed by atoms with Crippen molar-refractivity contribution in [3.05, 3.63) is 47.9 Å². The van der Waals surface area contributed by atoms with E-state index in [-0.39, 0.29) is 11.9 Å². The quantitative estimate of drug-likeness (QED) is 0.576. The molecule has 30 heavy (non-hydrogen) atoms. The van der Waals surface area contributed by atoms with Gasteiger partial charge in [0, 0.05) is 49.3 Å². The third-order valence-corrected chi connectivity index (χ3v) is 5.61. The predicted molar refractivity (Wildman–Crippen MR) is 116 cm³/mol. The van der Waals surface area contributed by atoms with E-state index in [1.165, 1.54) is 0 Å². The molecule has 1 saturated heterocycles. The lowest BCUT2D eigenvalue weighted by Gasteiger charge is -2.31. The Balaban J connectivity index is 1.65. The summed E-state index contributed by atoms with van der Waals surface area (Å²) in [5.74, 6) is 1.29. The highest BCUT2D eigenvalue weighted by Gasteiger charge is 2.27. The van der Waals surface area contributed by atoms with E-state index in [2.05, 4.69) is 14.9 Å². The monoisotopic (exact) mass is 425 g/mol. The fourth-order valence-corrected chi connectivity index (χ4v) is 3.84. The smallest absolute Gasteiger partial charge is 0.309 e. The second-order valence-corrected chi connectivity index (χ2v) is 7.75. The van der Waals surface area contributed by atoms with Gasteiger partial charge in [-0.05, 0) is 31.9 Å². The van der Waals surface area contributed by atoms with Crippen LogP contribution in [0.2, 0.25) is 5.02 Å². The first-order chi connectivity index (χ1) is 14.6. The van der Waals surface area contributed by atoms with Gasteiger partial charge < -0.3 is 14.2 Å². The predicted octanol–water partition coefficient (Wildman–Crippen LogP) is 3.98. The molecule has 8 heteroatoms. The van der Waals surface area contributed by atoms with Gasteiger partial charge in [0.2, 0.25) is 5.95 Å². The Labute approximate surface area is 180 Å². The molecule has 0 atom stereocenters. The summed E-state index contributed by atoms with van der Waals surface area (Å²) in [4.78, 5) is 28.1. The highest BCUT2D eigenvalue weighted by atomic mass is 35.5. The van der Waals surface area contributed by atoms with E-state index < -0.39 is 0 Å². The number of hydrogen-bond donors (Lipinski definition) is 0. The Morgan fingerprint density at radius 3 is 2.57 bits per heavy atom. The lowest BCUT2D eigenvalue weighted by molar-refractivity contribution is -0.148. The number of rotatable bonds is 5. The summed E-state index contributed by atoms with van der Waals surface area (Å²) in [5, 5.41) is 0.674. The number of hydrogen-bond acceptors (Lipinski definition) is 6. The van der Waals surface area contributed by atoms with Gasteiger partial charge >= 0.3 is 5.97 Å². The molecule has 0 spiro atoms. The summed E-state index contributed by atoms with van der Waals surface area (Å²) in [6.45, 7) is 3.68. The first kappa shape index (κ1) is 20.3. The fourth-order valence-electron chi connectivity index (χ4n) is 3.72. The van der Waals surface area contributed by atoms with Crippen molar-refractivity contribution in [2.75, 3.05) is 24.6 Å². The maximum absolute atomic E-state index is 12.0. The Bertz CT molecular complexity index is 1030. The van der Waals surface area contributed by atoms with Gasteiger partial charge in [0.1, 0.15) is 5.82 Å². The third-order valence-electron chi connectivity index (χ3n) is 5.35. The minimum atomic E-state index is -0.106. The molecule has 3 aromatic rings. The molecule has 0 saturated carbocycles. The summed E-state index contributed by atoms with van der Waals surface area (Å²) in [7, 11) is 1.95. The number of aromatic nitrogens is 4. The zero-order valence-corrected chi connectivity index (χ0v) is 17.8. The number of nitrogens with zero attached hydrogens (tertiary/aromatic N) is 5. The van der Waals surface area contributed by atoms with Crippen molar-refractivity contribution in [1.29, 1.82) is 0 Å². The van der Waals surface area contributed by atoms with Crippen molar-refractivity contribution in [1.82, 2.24) is 19.5 Å². The summed E-state index contributed by atoms with van der Waals surface area (Å²) in [5.41, 5.74) is 2.61. The molecular weight excluding hydrogens is 402 g/mol. The van der Waals surface area contributed by atoms with E-state index in [0.717, 1.165) is 35.5 Å². The lowest BCUT2D eigenvalue weighted by Crippen LogP contribution is -2.38. The van der Waals surface area contributed by atoms with Crippen LogP contribution in [0.15, 0.2) is 42.9 Å². The molecule has 1 aliphatic rings. The second-order valence-electron chi connectivity index (χ2n) is 7.31. The maximum atomic E-state index is 12.0. The molecule has 0 bridgehead atoms. The van der Waals surface area contributed by atoms with Crippen molar-refractivity contribution < 1.29 is 9.53 Å². The van der Waals surface area contributed by atoms with Crippen LogP contribution >= 0.6 is 11.6 Å². The number of anilines is 1. The summed E-state index contributed by atoms with van der Waals surface area (Å²) < 4.78 is 7.12. The molecular formula is C22H24ClN5O2. The van der Waals surface area contributed by atoms with Gasteiger partial charge in [-0.25, -0.2) is 15.0 Å². The normalized spacial score (nSPS) is 14.7. The molecule has 0 amide bonds. The Morgan fingerprint density at radius 2 is 1.93 bits per heavy atom. The third kappa shape index (κ3) is 4.16. The highest BCUT2D eigenvalue weighted by molar-refractivity contribution is 6.30. The van der Waals surface area contributed by atoms with Gasteiger partial charge in [-0.15, -0.1) is 0 Å². The zero-order chi connectivity index (χ0) is 21.1. The Kier molecular flexibility index (Phi) is 5.99. The van der Waals surface area contributed by atoms with Gasteiger partial charge in [0.15, 0.2) is 0 Å². The molecule has 4 rings (SSSR count). The number of benzene rings is 1. The SMILES string of the molecule is CCOC(=O)C1CCN(c2ncc(-c3nccn3C)c(-c3ccc(Cl)cc3)n2)CC1. The van der Waals surface area contributed by atoms with Gasteiger partial charge in [-0.1, -0.05) is 23.7 Å². The molecule has 0 unspecified atom stereocenters. The van der Waals surface area contributed by atoms with Crippen LogP contribution in [0.25, 0.3) is 22.6 Å². The molecule has 2 aromatic heterocycles. The van der Waals surface area contributed by atoms with E-state index in [4.69, 9.17) is 21.3 Å². The van der Waals surface area contributed by atoms with Crippen LogP contribution in [0, 0.1) is 5.92 Å². The zero-order valence-electron chi connectivity index (χ0n) is 17.1. The molecule has 1 fully saturated rings. The molecule has 1 aromatic carbocycles. The van der Waals surface area contributed by atoms with Crippen LogP contribution in [-0.4, -0.2) is 45.2 Å². The van der Waals surface area contributed by atoms with Crippen molar-refractivity contribution in [2.45, 2.75) is 19.8 Å². The Hall–Kier alpha value is -2.93. The van der Waals surface area contributed by atoms with Crippen LogP contribution < -0.4 is 4.90 Å². The standard InChI is InChI=1S/C22H24ClN5O2/c1-3-30-21(29)16-8-11-28(12-9-16)22-25-14-18(20-24-10-13-27(20)2)19(26-22)15-4-6-17(23)7-5-15/h4-7,10,13-14,16H,3,8-9,11-12H2,1-2H3. The number of piperidine rings is 1. The van der Waals surface area contributed by atoms with E-state index in [1.54, 1.807) is 6.20 Å². The van der Waals surface area contributed by atoms with Crippen LogP contribution in [0.5, 0.6) is 0 Å². The lowest BCUT2D eigenvalue weighted by atomic mass is 9.97. The number of esters is 1. The molecule has 156 valence electrons. The van der Waals surface area contributed by atoms with Crippen molar-refractivity contribution in [2.24, 2.45) is 13.0 Å². The largest absolute Gasteiger partial charge is 0.466 e. The molecule has 1 aliphatic heterocycles. The summed E-state index contributed by atoms with van der Waals surface area (Å²) in [6.07, 6.45) is 6.95. The number of halogens is 1. The van der Waals surface area contributed by atoms with Crippen molar-refractivity contribution >= 4 is 23.5 Å². The van der Waals surface area contributed by atoms with E-state index in [0.29, 0.717) is 30.7 Å². The number of ether oxygens (including phenoxy) is 1. The number of aryl methyl sites for hydroxylation is 1. The first-order valence-electron chi connectivity index (χ1n) is 10.1. The van der Waals surface area contributed by atoms with Gasteiger partial charge in [-0.3, -0.25) is 4.79 Å². The van der Waals surface area contributed by atoms with Gasteiger partial charge in [0.25, 0.3) is 0 Å². The minimum Gasteiger partial charge on any atom is -0.466 e. The highest BCUT2D eigenvalue weighted by Crippen LogP contribution is 2.32. The molecule has 3 heterocycles. The van der Waals surface area contributed by atoms with Gasteiger partial charge in [0.05, 0.1) is 23.8 Å². The average molecular weight is 426 g/mol. The van der Waals surface area contributed by atoms with Crippen molar-refractivity contribution in [3.63, 3.8) is 0 Å².